The van der Waals surface area contributed by atoms with Gasteiger partial charge in [0.2, 0.25) is 15.9 Å². The zero-order valence-electron chi connectivity index (χ0n) is 14.9. The highest BCUT2D eigenvalue weighted by atomic mass is 79.9. The first-order valence-corrected chi connectivity index (χ1v) is 11.1. The van der Waals surface area contributed by atoms with Crippen LogP contribution < -0.4 is 5.32 Å². The highest BCUT2D eigenvalue weighted by molar-refractivity contribution is 9.10. The molecule has 140 valence electrons. The number of sulfonamides is 1. The number of amides is 1. The zero-order chi connectivity index (χ0) is 18.4. The molecule has 0 radical (unpaired) electrons. The molecule has 0 aliphatic heterocycles. The summed E-state index contributed by atoms with van der Waals surface area (Å²) in [7, 11) is -3.70. The van der Waals surface area contributed by atoms with Gasteiger partial charge < -0.3 is 5.32 Å². The van der Waals surface area contributed by atoms with Crippen molar-refractivity contribution in [1.29, 1.82) is 0 Å². The van der Waals surface area contributed by atoms with Crippen molar-refractivity contribution in [1.82, 2.24) is 9.62 Å². The van der Waals surface area contributed by atoms with Gasteiger partial charge >= 0.3 is 0 Å². The minimum absolute atomic E-state index is 0.104. The van der Waals surface area contributed by atoms with Gasteiger partial charge in [0.05, 0.1) is 11.4 Å². The Bertz CT molecular complexity index is 668. The number of carbonyl (C=O) groups excluding carboxylic acids is 1. The molecular weight excluding hydrogens is 404 g/mol. The van der Waals surface area contributed by atoms with Crippen molar-refractivity contribution in [3.63, 3.8) is 0 Å². The van der Waals surface area contributed by atoms with Crippen LogP contribution in [0, 0.1) is 5.92 Å². The summed E-state index contributed by atoms with van der Waals surface area (Å²) in [6.07, 6.45) is 4.76. The molecule has 1 fully saturated rings. The summed E-state index contributed by atoms with van der Waals surface area (Å²) in [5.41, 5.74) is 0. The molecule has 25 heavy (non-hydrogen) atoms. The van der Waals surface area contributed by atoms with Crippen molar-refractivity contribution in [2.24, 2.45) is 5.92 Å². The first-order valence-electron chi connectivity index (χ1n) is 8.85. The minimum Gasteiger partial charge on any atom is -0.355 e. The van der Waals surface area contributed by atoms with E-state index in [2.05, 4.69) is 21.2 Å². The number of nitrogens with zero attached hydrogens (tertiary/aromatic N) is 1. The van der Waals surface area contributed by atoms with Crippen LogP contribution in [0.3, 0.4) is 0 Å². The fourth-order valence-corrected chi connectivity index (χ4v) is 4.94. The Morgan fingerprint density at radius 3 is 2.36 bits per heavy atom. The van der Waals surface area contributed by atoms with Crippen LogP contribution >= 0.6 is 15.9 Å². The summed E-state index contributed by atoms with van der Waals surface area (Å²) in [6.45, 7) is 4.46. The fourth-order valence-electron chi connectivity index (χ4n) is 3.04. The monoisotopic (exact) mass is 430 g/mol. The summed E-state index contributed by atoms with van der Waals surface area (Å²) < 4.78 is 28.5. The lowest BCUT2D eigenvalue weighted by atomic mass is 9.95. The normalized spacial score (nSPS) is 16.4. The van der Waals surface area contributed by atoms with Crippen molar-refractivity contribution < 1.29 is 13.2 Å². The summed E-state index contributed by atoms with van der Waals surface area (Å²) in [5.74, 6) is 0.0927. The van der Waals surface area contributed by atoms with Crippen LogP contribution in [-0.2, 0) is 14.8 Å². The Hall–Kier alpha value is -0.920. The van der Waals surface area contributed by atoms with E-state index in [0.29, 0.717) is 12.5 Å². The number of carbonyl (C=O) groups is 1. The molecule has 1 saturated carbocycles. The van der Waals surface area contributed by atoms with E-state index in [-0.39, 0.29) is 23.4 Å². The first kappa shape index (κ1) is 20.4. The molecule has 7 heteroatoms. The minimum atomic E-state index is -3.70. The van der Waals surface area contributed by atoms with Gasteiger partial charge in [-0.05, 0) is 43.0 Å². The number of halogens is 1. The van der Waals surface area contributed by atoms with E-state index in [0.717, 1.165) is 36.6 Å². The molecule has 1 aromatic carbocycles. The molecule has 0 unspecified atom stereocenters. The second-order valence-electron chi connectivity index (χ2n) is 6.99. The molecule has 1 aromatic rings. The van der Waals surface area contributed by atoms with Gasteiger partial charge in [-0.1, -0.05) is 49.0 Å². The molecule has 2 rings (SSSR count). The van der Waals surface area contributed by atoms with Gasteiger partial charge in [-0.3, -0.25) is 4.79 Å². The van der Waals surface area contributed by atoms with Crippen LogP contribution in [0.15, 0.2) is 33.6 Å². The van der Waals surface area contributed by atoms with Gasteiger partial charge in [0, 0.05) is 17.1 Å². The second-order valence-corrected chi connectivity index (χ2v) is 9.80. The molecule has 0 aromatic heterocycles. The van der Waals surface area contributed by atoms with Crippen molar-refractivity contribution in [2.45, 2.75) is 56.9 Å². The van der Waals surface area contributed by atoms with Gasteiger partial charge in [0.1, 0.15) is 0 Å². The van der Waals surface area contributed by atoms with E-state index in [1.54, 1.807) is 24.3 Å². The molecule has 1 aliphatic carbocycles. The van der Waals surface area contributed by atoms with Crippen molar-refractivity contribution >= 4 is 31.9 Å². The Balaban J connectivity index is 2.23. The van der Waals surface area contributed by atoms with Crippen LogP contribution in [0.2, 0.25) is 0 Å². The standard InChI is InChI=1S/C18H27BrN2O3S/c1-14(2)12-20-18(22)13-21(16-6-4-3-5-7-16)25(23,24)17-10-8-15(19)9-11-17/h8-11,14,16H,3-7,12-13H2,1-2H3,(H,20,22). The highest BCUT2D eigenvalue weighted by Gasteiger charge is 2.33. The number of benzene rings is 1. The molecule has 1 aliphatic rings. The summed E-state index contributed by atoms with van der Waals surface area (Å²) >= 11 is 3.33. The van der Waals surface area contributed by atoms with E-state index < -0.39 is 10.0 Å². The van der Waals surface area contributed by atoms with Crippen LogP contribution in [0.25, 0.3) is 0 Å². The lowest BCUT2D eigenvalue weighted by Gasteiger charge is -2.33. The first-order chi connectivity index (χ1) is 11.8. The summed E-state index contributed by atoms with van der Waals surface area (Å²) in [6, 6.07) is 6.49. The molecule has 0 heterocycles. The molecular formula is C18H27BrN2O3S. The Morgan fingerprint density at radius 1 is 1.20 bits per heavy atom. The van der Waals surface area contributed by atoms with Gasteiger partial charge in [0.25, 0.3) is 0 Å². The Morgan fingerprint density at radius 2 is 1.80 bits per heavy atom. The van der Waals surface area contributed by atoms with Crippen LogP contribution in [0.5, 0.6) is 0 Å². The maximum Gasteiger partial charge on any atom is 0.243 e. The predicted octanol–water partition coefficient (Wildman–Crippen LogP) is 3.54. The van der Waals surface area contributed by atoms with E-state index >= 15 is 0 Å². The number of hydrogen-bond acceptors (Lipinski definition) is 3. The van der Waals surface area contributed by atoms with Crippen LogP contribution in [0.1, 0.15) is 46.0 Å². The number of nitrogens with one attached hydrogen (secondary N) is 1. The lowest BCUT2D eigenvalue weighted by molar-refractivity contribution is -0.121. The van der Waals surface area contributed by atoms with Gasteiger partial charge in [0.15, 0.2) is 0 Å². The third kappa shape index (κ3) is 5.79. The van der Waals surface area contributed by atoms with Crippen LogP contribution in [0.4, 0.5) is 0 Å². The predicted molar refractivity (Wildman–Crippen MR) is 103 cm³/mol. The maximum absolute atomic E-state index is 13.1. The topological polar surface area (TPSA) is 66.5 Å². The smallest absolute Gasteiger partial charge is 0.243 e. The van der Waals surface area contributed by atoms with E-state index in [4.69, 9.17) is 0 Å². The third-order valence-corrected chi connectivity index (χ3v) is 6.85. The molecule has 0 spiro atoms. The second kappa shape index (κ2) is 9.14. The van der Waals surface area contributed by atoms with Crippen LogP contribution in [-0.4, -0.2) is 37.8 Å². The molecule has 1 N–H and O–H groups in total. The zero-order valence-corrected chi connectivity index (χ0v) is 17.3. The van der Waals surface area contributed by atoms with Crippen molar-refractivity contribution in [3.8, 4) is 0 Å². The number of rotatable bonds is 7. The lowest BCUT2D eigenvalue weighted by Crippen LogP contribution is -2.47. The fraction of sp³-hybridized carbons (Fsp3) is 0.611. The van der Waals surface area contributed by atoms with Gasteiger partial charge in [-0.2, -0.15) is 4.31 Å². The largest absolute Gasteiger partial charge is 0.355 e. The quantitative estimate of drug-likeness (QED) is 0.718. The van der Waals surface area contributed by atoms with E-state index in [9.17, 15) is 13.2 Å². The summed E-state index contributed by atoms with van der Waals surface area (Å²) in [5, 5.41) is 2.83. The summed E-state index contributed by atoms with van der Waals surface area (Å²) in [4.78, 5) is 12.5. The van der Waals surface area contributed by atoms with Crippen molar-refractivity contribution in [2.75, 3.05) is 13.1 Å². The highest BCUT2D eigenvalue weighted by Crippen LogP contribution is 2.28. The molecule has 0 atom stereocenters. The van der Waals surface area contributed by atoms with E-state index in [1.165, 1.54) is 4.31 Å². The molecule has 0 saturated heterocycles. The Kier molecular flexibility index (Phi) is 7.46. The van der Waals surface area contributed by atoms with Crippen molar-refractivity contribution in [3.05, 3.63) is 28.7 Å². The maximum atomic E-state index is 13.1. The molecule has 1 amide bonds. The van der Waals surface area contributed by atoms with Gasteiger partial charge in [-0.15, -0.1) is 0 Å². The number of hydrogen-bond donors (Lipinski definition) is 1. The Labute approximate surface area is 159 Å². The SMILES string of the molecule is CC(C)CNC(=O)CN(C1CCCCC1)S(=O)(=O)c1ccc(Br)cc1. The average molecular weight is 431 g/mol. The van der Waals surface area contributed by atoms with E-state index in [1.807, 2.05) is 13.8 Å². The van der Waals surface area contributed by atoms with Gasteiger partial charge in [-0.25, -0.2) is 8.42 Å². The third-order valence-electron chi connectivity index (χ3n) is 4.41. The molecule has 5 nitrogen and oxygen atoms in total. The average Bonchev–Trinajstić information content (AvgIpc) is 2.59. The molecule has 0 bridgehead atoms.